The zero-order chi connectivity index (χ0) is 13.8. The van der Waals surface area contributed by atoms with E-state index < -0.39 is 0 Å². The van der Waals surface area contributed by atoms with Crippen molar-refractivity contribution < 1.29 is 0 Å². The number of rotatable bonds is 5. The van der Waals surface area contributed by atoms with Gasteiger partial charge in [-0.05, 0) is 37.0 Å². The van der Waals surface area contributed by atoms with Crippen molar-refractivity contribution in [2.24, 2.45) is 0 Å². The fourth-order valence-electron chi connectivity index (χ4n) is 2.98. The standard InChI is InChI=1S/C17H23N3/c1-2-5-14-8-10-16(11-9-14)20-13-12-18-17(20)19-15-6-3-4-7-15/h8-13,15H,2-7H2,1H3,(H,18,19). The van der Waals surface area contributed by atoms with E-state index in [-0.39, 0.29) is 0 Å². The molecule has 3 nitrogen and oxygen atoms in total. The van der Waals surface area contributed by atoms with E-state index in [0.717, 1.165) is 12.4 Å². The van der Waals surface area contributed by atoms with Gasteiger partial charge in [-0.25, -0.2) is 4.98 Å². The first kappa shape index (κ1) is 13.2. The molecule has 0 spiro atoms. The second kappa shape index (κ2) is 6.12. The van der Waals surface area contributed by atoms with Crippen LogP contribution in [0.5, 0.6) is 0 Å². The summed E-state index contributed by atoms with van der Waals surface area (Å²) in [6.45, 7) is 2.22. The summed E-state index contributed by atoms with van der Waals surface area (Å²) in [6.07, 6.45) is 11.5. The second-order valence-corrected chi connectivity index (χ2v) is 5.66. The van der Waals surface area contributed by atoms with E-state index in [1.54, 1.807) is 0 Å². The maximum Gasteiger partial charge on any atom is 0.207 e. The molecule has 2 aromatic rings. The molecule has 1 fully saturated rings. The van der Waals surface area contributed by atoms with E-state index in [1.165, 1.54) is 43.4 Å². The lowest BCUT2D eigenvalue weighted by atomic mass is 10.1. The molecule has 0 radical (unpaired) electrons. The lowest BCUT2D eigenvalue weighted by molar-refractivity contribution is 0.740. The Morgan fingerprint density at radius 3 is 2.65 bits per heavy atom. The SMILES string of the molecule is CCCc1ccc(-n2ccnc2NC2CCCC2)cc1. The molecule has 0 bridgehead atoms. The molecule has 0 amide bonds. The lowest BCUT2D eigenvalue weighted by Crippen LogP contribution is -2.17. The number of benzene rings is 1. The van der Waals surface area contributed by atoms with Crippen LogP contribution < -0.4 is 5.32 Å². The number of anilines is 1. The van der Waals surface area contributed by atoms with Crippen LogP contribution in [0, 0.1) is 0 Å². The van der Waals surface area contributed by atoms with Crippen LogP contribution in [-0.4, -0.2) is 15.6 Å². The van der Waals surface area contributed by atoms with Crippen molar-refractivity contribution in [1.29, 1.82) is 0 Å². The third-order valence-corrected chi connectivity index (χ3v) is 4.08. The van der Waals surface area contributed by atoms with E-state index in [9.17, 15) is 0 Å². The van der Waals surface area contributed by atoms with Crippen LogP contribution in [-0.2, 0) is 6.42 Å². The molecule has 20 heavy (non-hydrogen) atoms. The molecule has 3 rings (SSSR count). The van der Waals surface area contributed by atoms with E-state index in [2.05, 4.69) is 46.1 Å². The summed E-state index contributed by atoms with van der Waals surface area (Å²) >= 11 is 0. The third kappa shape index (κ3) is 2.87. The van der Waals surface area contributed by atoms with Gasteiger partial charge >= 0.3 is 0 Å². The summed E-state index contributed by atoms with van der Waals surface area (Å²) in [5.41, 5.74) is 2.59. The third-order valence-electron chi connectivity index (χ3n) is 4.08. The van der Waals surface area contributed by atoms with E-state index in [4.69, 9.17) is 0 Å². The van der Waals surface area contributed by atoms with E-state index in [0.29, 0.717) is 6.04 Å². The van der Waals surface area contributed by atoms with E-state index in [1.807, 2.05) is 12.4 Å². The zero-order valence-corrected chi connectivity index (χ0v) is 12.2. The van der Waals surface area contributed by atoms with Gasteiger partial charge in [-0.1, -0.05) is 38.3 Å². The van der Waals surface area contributed by atoms with Crippen LogP contribution in [0.2, 0.25) is 0 Å². The smallest absolute Gasteiger partial charge is 0.207 e. The second-order valence-electron chi connectivity index (χ2n) is 5.66. The molecule has 1 heterocycles. The summed E-state index contributed by atoms with van der Waals surface area (Å²) in [4.78, 5) is 4.47. The number of hydrogen-bond donors (Lipinski definition) is 1. The van der Waals surface area contributed by atoms with Gasteiger partial charge in [0.15, 0.2) is 0 Å². The Kier molecular flexibility index (Phi) is 4.05. The van der Waals surface area contributed by atoms with Crippen molar-refractivity contribution in [3.05, 3.63) is 42.2 Å². The molecule has 0 unspecified atom stereocenters. The van der Waals surface area contributed by atoms with Crippen LogP contribution in [0.4, 0.5) is 5.95 Å². The zero-order valence-electron chi connectivity index (χ0n) is 12.2. The maximum absolute atomic E-state index is 4.47. The topological polar surface area (TPSA) is 29.9 Å². The van der Waals surface area contributed by atoms with Gasteiger partial charge in [0.1, 0.15) is 0 Å². The van der Waals surface area contributed by atoms with Crippen molar-refractivity contribution in [2.75, 3.05) is 5.32 Å². The largest absolute Gasteiger partial charge is 0.353 e. The minimum Gasteiger partial charge on any atom is -0.353 e. The lowest BCUT2D eigenvalue weighted by Gasteiger charge is -2.15. The Hall–Kier alpha value is -1.77. The van der Waals surface area contributed by atoms with Gasteiger partial charge in [0.25, 0.3) is 0 Å². The fourth-order valence-corrected chi connectivity index (χ4v) is 2.98. The Bertz CT molecular complexity index is 536. The Balaban J connectivity index is 1.77. The number of imidazole rings is 1. The highest BCUT2D eigenvalue weighted by atomic mass is 15.2. The molecular formula is C17H23N3. The van der Waals surface area contributed by atoms with Crippen molar-refractivity contribution in [1.82, 2.24) is 9.55 Å². The summed E-state index contributed by atoms with van der Waals surface area (Å²) in [7, 11) is 0. The molecule has 0 saturated heterocycles. The number of nitrogens with one attached hydrogen (secondary N) is 1. The molecule has 1 aromatic carbocycles. The molecular weight excluding hydrogens is 246 g/mol. The average molecular weight is 269 g/mol. The van der Waals surface area contributed by atoms with Gasteiger partial charge in [0.2, 0.25) is 5.95 Å². The van der Waals surface area contributed by atoms with Gasteiger partial charge in [0.05, 0.1) is 0 Å². The molecule has 106 valence electrons. The van der Waals surface area contributed by atoms with Crippen LogP contribution in [0.15, 0.2) is 36.7 Å². The summed E-state index contributed by atoms with van der Waals surface area (Å²) in [5, 5.41) is 3.58. The first-order valence-corrected chi connectivity index (χ1v) is 7.76. The first-order valence-electron chi connectivity index (χ1n) is 7.76. The fraction of sp³-hybridized carbons (Fsp3) is 0.471. The number of aromatic nitrogens is 2. The normalized spacial score (nSPS) is 15.7. The summed E-state index contributed by atoms with van der Waals surface area (Å²) < 4.78 is 2.15. The van der Waals surface area contributed by atoms with Crippen molar-refractivity contribution >= 4 is 5.95 Å². The monoisotopic (exact) mass is 269 g/mol. The first-order chi connectivity index (χ1) is 9.86. The quantitative estimate of drug-likeness (QED) is 0.882. The highest BCUT2D eigenvalue weighted by Gasteiger charge is 2.16. The molecule has 0 aliphatic heterocycles. The van der Waals surface area contributed by atoms with Crippen LogP contribution in [0.1, 0.15) is 44.6 Å². The molecule has 3 heteroatoms. The van der Waals surface area contributed by atoms with Crippen molar-refractivity contribution in [3.8, 4) is 5.69 Å². The molecule has 1 aliphatic carbocycles. The maximum atomic E-state index is 4.47. The Labute approximate surface area is 121 Å². The predicted molar refractivity (Wildman–Crippen MR) is 83.4 cm³/mol. The molecule has 1 aromatic heterocycles. The highest BCUT2D eigenvalue weighted by molar-refractivity contribution is 5.43. The summed E-state index contributed by atoms with van der Waals surface area (Å²) in [6, 6.07) is 9.41. The van der Waals surface area contributed by atoms with Crippen molar-refractivity contribution in [2.45, 2.75) is 51.5 Å². The number of nitrogens with zero attached hydrogens (tertiary/aromatic N) is 2. The number of hydrogen-bond acceptors (Lipinski definition) is 2. The molecule has 1 saturated carbocycles. The Morgan fingerprint density at radius 2 is 1.95 bits per heavy atom. The van der Waals surface area contributed by atoms with Crippen molar-refractivity contribution in [3.63, 3.8) is 0 Å². The minimum absolute atomic E-state index is 0.593. The summed E-state index contributed by atoms with van der Waals surface area (Å²) in [5.74, 6) is 0.972. The van der Waals surface area contributed by atoms with E-state index >= 15 is 0 Å². The van der Waals surface area contributed by atoms with Gasteiger partial charge in [-0.3, -0.25) is 4.57 Å². The van der Waals surface area contributed by atoms with Gasteiger partial charge < -0.3 is 5.32 Å². The van der Waals surface area contributed by atoms with Gasteiger partial charge in [-0.2, -0.15) is 0 Å². The molecule has 1 aliphatic rings. The Morgan fingerprint density at radius 1 is 1.20 bits per heavy atom. The number of aryl methyl sites for hydroxylation is 1. The van der Waals surface area contributed by atoms with Gasteiger partial charge in [-0.15, -0.1) is 0 Å². The van der Waals surface area contributed by atoms with Gasteiger partial charge in [0, 0.05) is 24.1 Å². The van der Waals surface area contributed by atoms with Crippen LogP contribution >= 0.6 is 0 Å². The van der Waals surface area contributed by atoms with Crippen LogP contribution in [0.3, 0.4) is 0 Å². The average Bonchev–Trinajstić information content (AvgIpc) is 3.12. The van der Waals surface area contributed by atoms with Crippen LogP contribution in [0.25, 0.3) is 5.69 Å². The predicted octanol–water partition coefficient (Wildman–Crippen LogP) is 4.18. The molecule has 0 atom stereocenters. The minimum atomic E-state index is 0.593. The molecule has 1 N–H and O–H groups in total. The highest BCUT2D eigenvalue weighted by Crippen LogP contribution is 2.23.